The average Bonchev–Trinajstić information content (AvgIpc) is 3.33. The molecule has 0 aliphatic carbocycles. The third-order valence-corrected chi connectivity index (χ3v) is 5.81. The minimum Gasteiger partial charge on any atom is -0.494 e. The summed E-state index contributed by atoms with van der Waals surface area (Å²) >= 11 is 0. The van der Waals surface area contributed by atoms with Crippen LogP contribution in [0.5, 0.6) is 11.5 Å². The van der Waals surface area contributed by atoms with Crippen molar-refractivity contribution in [2.75, 3.05) is 20.2 Å². The van der Waals surface area contributed by atoms with Gasteiger partial charge >= 0.3 is 0 Å². The maximum absolute atomic E-state index is 13.9. The van der Waals surface area contributed by atoms with E-state index in [-0.39, 0.29) is 35.9 Å². The van der Waals surface area contributed by atoms with Crippen molar-refractivity contribution in [1.29, 1.82) is 5.26 Å². The van der Waals surface area contributed by atoms with Crippen molar-refractivity contribution >= 4 is 5.91 Å². The van der Waals surface area contributed by atoms with E-state index >= 15 is 0 Å². The smallest absolute Gasteiger partial charge is 0.287 e. The van der Waals surface area contributed by atoms with Gasteiger partial charge in [0, 0.05) is 25.7 Å². The molecule has 34 heavy (non-hydrogen) atoms. The Hall–Kier alpha value is -3.83. The molecular weight excluding hydrogens is 437 g/mol. The van der Waals surface area contributed by atoms with Crippen LogP contribution in [0.1, 0.15) is 40.3 Å². The van der Waals surface area contributed by atoms with Gasteiger partial charge in [0.15, 0.2) is 17.3 Å². The van der Waals surface area contributed by atoms with E-state index in [2.05, 4.69) is 16.3 Å². The summed E-state index contributed by atoms with van der Waals surface area (Å²) in [5.41, 5.74) is 1.33. The number of likely N-dealkylation sites (tertiary alicyclic amines) is 1. The molecule has 3 aromatic rings. The molecule has 2 heterocycles. The zero-order valence-corrected chi connectivity index (χ0v) is 18.9. The van der Waals surface area contributed by atoms with Crippen LogP contribution >= 0.6 is 0 Å². The lowest BCUT2D eigenvalue weighted by atomic mass is 10.0. The Morgan fingerprint density at radius 2 is 1.97 bits per heavy atom. The highest BCUT2D eigenvalue weighted by atomic mass is 19.1. The molecule has 4 rings (SSSR count). The first-order chi connectivity index (χ1) is 16.6. The number of nitriles is 1. The van der Waals surface area contributed by atoms with Crippen LogP contribution in [-0.2, 0) is 13.2 Å². The molecule has 7 nitrogen and oxygen atoms in total. The van der Waals surface area contributed by atoms with Crippen molar-refractivity contribution in [3.63, 3.8) is 0 Å². The van der Waals surface area contributed by atoms with E-state index in [0.29, 0.717) is 23.6 Å². The molecule has 0 unspecified atom stereocenters. The highest BCUT2D eigenvalue weighted by Crippen LogP contribution is 2.21. The molecule has 1 amide bonds. The fourth-order valence-electron chi connectivity index (χ4n) is 3.97. The first-order valence-corrected chi connectivity index (χ1v) is 11.1. The van der Waals surface area contributed by atoms with Gasteiger partial charge in [-0.1, -0.05) is 18.2 Å². The van der Waals surface area contributed by atoms with E-state index < -0.39 is 0 Å². The molecule has 8 heteroatoms. The van der Waals surface area contributed by atoms with E-state index in [4.69, 9.17) is 19.2 Å². The number of carbonyl (C=O) groups excluding carboxylic acids is 1. The molecule has 1 saturated heterocycles. The van der Waals surface area contributed by atoms with E-state index in [1.54, 1.807) is 42.5 Å². The van der Waals surface area contributed by atoms with E-state index in [1.165, 1.54) is 13.2 Å². The maximum atomic E-state index is 13.9. The SMILES string of the molecule is COc1ccc(CN2CCC(NC(=O)c3ccc(COc4ccccc4C#N)o3)CC2)cc1F. The van der Waals surface area contributed by atoms with Crippen LogP contribution in [0.25, 0.3) is 0 Å². The Kier molecular flexibility index (Phi) is 7.45. The van der Waals surface area contributed by atoms with E-state index in [0.717, 1.165) is 31.5 Å². The van der Waals surface area contributed by atoms with Crippen LogP contribution in [0.4, 0.5) is 4.39 Å². The zero-order valence-electron chi connectivity index (χ0n) is 18.9. The van der Waals surface area contributed by atoms with Gasteiger partial charge in [-0.3, -0.25) is 9.69 Å². The quantitative estimate of drug-likeness (QED) is 0.537. The number of ether oxygens (including phenoxy) is 2. The number of furan rings is 1. The summed E-state index contributed by atoms with van der Waals surface area (Å²) in [7, 11) is 1.45. The summed E-state index contributed by atoms with van der Waals surface area (Å²) < 4.78 is 30.2. The lowest BCUT2D eigenvalue weighted by Crippen LogP contribution is -2.44. The Bertz CT molecular complexity index is 1180. The lowest BCUT2D eigenvalue weighted by Gasteiger charge is -2.32. The number of para-hydroxylation sites is 1. The van der Waals surface area contributed by atoms with Crippen molar-refractivity contribution in [1.82, 2.24) is 10.2 Å². The Balaban J connectivity index is 1.24. The highest BCUT2D eigenvalue weighted by molar-refractivity contribution is 5.91. The summed E-state index contributed by atoms with van der Waals surface area (Å²) in [5.74, 6) is 0.808. The number of piperidine rings is 1. The molecule has 1 N–H and O–H groups in total. The number of benzene rings is 2. The first kappa shape index (κ1) is 23.3. The highest BCUT2D eigenvalue weighted by Gasteiger charge is 2.23. The van der Waals surface area contributed by atoms with Crippen molar-refractivity contribution in [2.45, 2.75) is 32.0 Å². The number of nitrogens with zero attached hydrogens (tertiary/aromatic N) is 2. The summed E-state index contributed by atoms with van der Waals surface area (Å²) in [6.07, 6.45) is 1.60. The molecule has 176 valence electrons. The number of halogens is 1. The number of nitrogens with one attached hydrogen (secondary N) is 1. The van der Waals surface area contributed by atoms with Gasteiger partial charge in [0.25, 0.3) is 5.91 Å². The molecular formula is C26H26FN3O4. The van der Waals surface area contributed by atoms with E-state index in [9.17, 15) is 9.18 Å². The van der Waals surface area contributed by atoms with Gasteiger partial charge in [-0.15, -0.1) is 0 Å². The predicted octanol–water partition coefficient (Wildman–Crippen LogP) is 4.27. The van der Waals surface area contributed by atoms with Crippen LogP contribution in [0.2, 0.25) is 0 Å². The molecule has 1 aliphatic heterocycles. The van der Waals surface area contributed by atoms with Crippen molar-refractivity contribution < 1.29 is 23.1 Å². The molecule has 0 radical (unpaired) electrons. The van der Waals surface area contributed by atoms with E-state index in [1.807, 2.05) is 6.07 Å². The molecule has 2 aromatic carbocycles. The van der Waals surface area contributed by atoms with Gasteiger partial charge in [0.1, 0.15) is 24.2 Å². The third-order valence-electron chi connectivity index (χ3n) is 5.81. The molecule has 0 bridgehead atoms. The average molecular weight is 464 g/mol. The molecule has 1 fully saturated rings. The second-order valence-corrected chi connectivity index (χ2v) is 8.16. The number of methoxy groups -OCH3 is 1. The third kappa shape index (κ3) is 5.74. The van der Waals surface area contributed by atoms with Crippen LogP contribution in [-0.4, -0.2) is 37.0 Å². The molecule has 0 spiro atoms. The summed E-state index contributed by atoms with van der Waals surface area (Å²) in [6.45, 7) is 2.37. The number of hydrogen-bond donors (Lipinski definition) is 1. The molecule has 1 aliphatic rings. The minimum absolute atomic E-state index is 0.0451. The van der Waals surface area contributed by atoms with Crippen LogP contribution in [0, 0.1) is 17.1 Å². The van der Waals surface area contributed by atoms with Gasteiger partial charge in [-0.2, -0.15) is 5.26 Å². The largest absolute Gasteiger partial charge is 0.494 e. The second-order valence-electron chi connectivity index (χ2n) is 8.16. The van der Waals surface area contributed by atoms with Gasteiger partial charge < -0.3 is 19.2 Å². The zero-order chi connectivity index (χ0) is 23.9. The monoisotopic (exact) mass is 463 g/mol. The fourth-order valence-corrected chi connectivity index (χ4v) is 3.97. The fraction of sp³-hybridized carbons (Fsp3) is 0.308. The number of hydrogen-bond acceptors (Lipinski definition) is 6. The van der Waals surface area contributed by atoms with Crippen LogP contribution < -0.4 is 14.8 Å². The topological polar surface area (TPSA) is 87.7 Å². The standard InChI is InChI=1S/C26H26FN3O4/c1-32-24-8-6-18(14-22(24)27)16-30-12-10-20(11-13-30)29-26(31)25-9-7-21(34-25)17-33-23-5-3-2-4-19(23)15-28/h2-9,14,20H,10-13,16-17H2,1H3,(H,29,31). The number of amides is 1. The Morgan fingerprint density at radius 3 is 2.71 bits per heavy atom. The van der Waals surface area contributed by atoms with Crippen molar-refractivity contribution in [3.8, 4) is 17.6 Å². The first-order valence-electron chi connectivity index (χ1n) is 11.1. The lowest BCUT2D eigenvalue weighted by molar-refractivity contribution is 0.0877. The van der Waals surface area contributed by atoms with Gasteiger partial charge in [-0.25, -0.2) is 4.39 Å². The predicted molar refractivity (Wildman–Crippen MR) is 123 cm³/mol. The van der Waals surface area contributed by atoms with Gasteiger partial charge in [0.05, 0.1) is 12.7 Å². The number of carbonyl (C=O) groups is 1. The van der Waals surface area contributed by atoms with Crippen molar-refractivity contribution in [2.24, 2.45) is 0 Å². The number of rotatable bonds is 8. The second kappa shape index (κ2) is 10.9. The molecule has 0 saturated carbocycles. The minimum atomic E-state index is -0.361. The van der Waals surface area contributed by atoms with Crippen molar-refractivity contribution in [3.05, 3.63) is 83.1 Å². The maximum Gasteiger partial charge on any atom is 0.287 e. The summed E-state index contributed by atoms with van der Waals surface area (Å²) in [4.78, 5) is 14.9. The Morgan fingerprint density at radius 1 is 1.18 bits per heavy atom. The van der Waals surface area contributed by atoms with Gasteiger partial charge in [0.2, 0.25) is 0 Å². The summed E-state index contributed by atoms with van der Waals surface area (Å²) in [5, 5.41) is 12.2. The molecule has 1 aromatic heterocycles. The Labute approximate surface area is 197 Å². The van der Waals surface area contributed by atoms with Crippen LogP contribution in [0.3, 0.4) is 0 Å². The normalized spacial score (nSPS) is 14.4. The molecule has 0 atom stereocenters. The van der Waals surface area contributed by atoms with Crippen LogP contribution in [0.15, 0.2) is 59.0 Å². The van der Waals surface area contributed by atoms with Gasteiger partial charge in [-0.05, 0) is 54.8 Å². The summed E-state index contributed by atoms with van der Waals surface area (Å²) in [6, 6.07) is 17.4.